The second-order valence-electron chi connectivity index (χ2n) is 6.28. The first-order valence-corrected chi connectivity index (χ1v) is 10.9. The molecule has 0 saturated carbocycles. The summed E-state index contributed by atoms with van der Waals surface area (Å²) in [6.45, 7) is 3.53. The number of hydrogen-bond donors (Lipinski definition) is 0. The Balaban J connectivity index is 1.96. The zero-order valence-corrected chi connectivity index (χ0v) is 18.7. The summed E-state index contributed by atoms with van der Waals surface area (Å²) in [6.07, 6.45) is 0.876. The van der Waals surface area contributed by atoms with Gasteiger partial charge in [0.1, 0.15) is 0 Å². The highest BCUT2D eigenvalue weighted by Crippen LogP contribution is 2.34. The summed E-state index contributed by atoms with van der Waals surface area (Å²) in [7, 11) is 4.07. The summed E-state index contributed by atoms with van der Waals surface area (Å²) in [4.78, 5) is 22.5. The third-order valence-electron chi connectivity index (χ3n) is 3.89. The topological polar surface area (TPSA) is 36.4 Å². The summed E-state index contributed by atoms with van der Waals surface area (Å²) in [5.74, 6) is -0.0118. The monoisotopic (exact) mass is 471 g/mol. The first kappa shape index (κ1) is 19.8. The van der Waals surface area contributed by atoms with E-state index in [1.54, 1.807) is 4.90 Å². The Hall–Kier alpha value is -0.990. The van der Waals surface area contributed by atoms with Crippen LogP contribution in [0, 0.1) is 6.92 Å². The number of thiophene rings is 1. The molecule has 26 heavy (non-hydrogen) atoms. The number of halogens is 2. The summed E-state index contributed by atoms with van der Waals surface area (Å²) in [6, 6.07) is 7.57. The van der Waals surface area contributed by atoms with Crippen molar-refractivity contribution in [2.75, 3.05) is 32.1 Å². The van der Waals surface area contributed by atoms with Gasteiger partial charge < -0.3 is 4.90 Å². The minimum absolute atomic E-state index is 0.0118. The lowest BCUT2D eigenvalue weighted by Crippen LogP contribution is -2.32. The molecule has 3 rings (SSSR count). The lowest BCUT2D eigenvalue weighted by molar-refractivity contribution is 0.0990. The maximum atomic E-state index is 13.1. The van der Waals surface area contributed by atoms with Crippen molar-refractivity contribution in [1.82, 2.24) is 9.88 Å². The third-order valence-corrected chi connectivity index (χ3v) is 6.74. The van der Waals surface area contributed by atoms with E-state index in [2.05, 4.69) is 20.8 Å². The molecular weight excluding hydrogens is 454 g/mol. The van der Waals surface area contributed by atoms with Crippen molar-refractivity contribution in [2.24, 2.45) is 0 Å². The fraction of sp³-hybridized carbons (Fsp3) is 0.333. The van der Waals surface area contributed by atoms with Crippen LogP contribution in [0.4, 0.5) is 5.13 Å². The van der Waals surface area contributed by atoms with Gasteiger partial charge in [-0.05, 0) is 79.7 Å². The summed E-state index contributed by atoms with van der Waals surface area (Å²) >= 11 is 12.6. The van der Waals surface area contributed by atoms with Gasteiger partial charge >= 0.3 is 0 Å². The van der Waals surface area contributed by atoms with Crippen LogP contribution in [0.2, 0.25) is 5.02 Å². The number of amides is 1. The van der Waals surface area contributed by atoms with Gasteiger partial charge in [-0.15, -0.1) is 11.3 Å². The van der Waals surface area contributed by atoms with Crippen LogP contribution in [0.3, 0.4) is 0 Å². The van der Waals surface area contributed by atoms with Gasteiger partial charge in [0.05, 0.1) is 18.9 Å². The lowest BCUT2D eigenvalue weighted by Gasteiger charge is -2.20. The van der Waals surface area contributed by atoms with Crippen molar-refractivity contribution in [2.45, 2.75) is 13.3 Å². The third kappa shape index (κ3) is 4.46. The molecule has 0 aliphatic rings. The largest absolute Gasteiger partial charge is 0.309 e. The normalized spacial score (nSPS) is 11.5. The van der Waals surface area contributed by atoms with Crippen molar-refractivity contribution >= 4 is 71.5 Å². The fourth-order valence-electron chi connectivity index (χ4n) is 2.65. The number of benzene rings is 1. The molecule has 0 aliphatic carbocycles. The van der Waals surface area contributed by atoms with Gasteiger partial charge in [-0.3, -0.25) is 9.69 Å². The molecule has 4 nitrogen and oxygen atoms in total. The summed E-state index contributed by atoms with van der Waals surface area (Å²) in [5, 5.41) is 1.41. The molecule has 0 saturated heterocycles. The highest BCUT2D eigenvalue weighted by Gasteiger charge is 2.23. The number of thiazole rings is 1. The SMILES string of the molecule is Cc1cc(Cl)cc2sc(N(CCCN(C)C)C(=O)c3ccc(Br)s3)nc12. The average Bonchev–Trinajstić information content (AvgIpc) is 3.17. The fourth-order valence-corrected chi connectivity index (χ4v) is 5.43. The molecular formula is C18H19BrClN3OS2. The number of anilines is 1. The van der Waals surface area contributed by atoms with E-state index in [0.717, 1.165) is 37.7 Å². The maximum absolute atomic E-state index is 13.1. The molecule has 0 unspecified atom stereocenters. The van der Waals surface area contributed by atoms with Gasteiger partial charge in [-0.1, -0.05) is 22.9 Å². The molecule has 138 valence electrons. The van der Waals surface area contributed by atoms with Crippen molar-refractivity contribution in [3.63, 3.8) is 0 Å². The number of carbonyl (C=O) groups excluding carboxylic acids is 1. The molecule has 0 aliphatic heterocycles. The number of carbonyl (C=O) groups is 1. The lowest BCUT2D eigenvalue weighted by atomic mass is 10.2. The summed E-state index contributed by atoms with van der Waals surface area (Å²) < 4.78 is 1.95. The van der Waals surface area contributed by atoms with Crippen LogP contribution in [0.5, 0.6) is 0 Å². The average molecular weight is 473 g/mol. The molecule has 1 aromatic carbocycles. The van der Waals surface area contributed by atoms with E-state index in [1.165, 1.54) is 22.7 Å². The van der Waals surface area contributed by atoms with Crippen LogP contribution >= 0.6 is 50.2 Å². The van der Waals surface area contributed by atoms with E-state index in [9.17, 15) is 4.79 Å². The van der Waals surface area contributed by atoms with Crippen molar-refractivity contribution in [1.29, 1.82) is 0 Å². The molecule has 0 radical (unpaired) electrons. The molecule has 0 N–H and O–H groups in total. The second kappa shape index (κ2) is 8.35. The van der Waals surface area contributed by atoms with Crippen LogP contribution in [-0.2, 0) is 0 Å². The summed E-state index contributed by atoms with van der Waals surface area (Å²) in [5.41, 5.74) is 1.93. The Morgan fingerprint density at radius 2 is 2.00 bits per heavy atom. The predicted octanol–water partition coefficient (Wildman–Crippen LogP) is 5.68. The quantitative estimate of drug-likeness (QED) is 0.463. The molecule has 8 heteroatoms. The Labute approximate surface area is 174 Å². The van der Waals surface area contributed by atoms with Gasteiger partial charge in [-0.25, -0.2) is 4.98 Å². The van der Waals surface area contributed by atoms with Crippen molar-refractivity contribution in [3.8, 4) is 0 Å². The molecule has 0 fully saturated rings. The highest BCUT2D eigenvalue weighted by atomic mass is 79.9. The first-order valence-electron chi connectivity index (χ1n) is 8.14. The molecule has 3 aromatic rings. The predicted molar refractivity (Wildman–Crippen MR) is 116 cm³/mol. The van der Waals surface area contributed by atoms with Crippen molar-refractivity contribution < 1.29 is 4.79 Å². The Morgan fingerprint density at radius 3 is 2.65 bits per heavy atom. The Kier molecular flexibility index (Phi) is 6.35. The van der Waals surface area contributed by atoms with Gasteiger partial charge in [0.15, 0.2) is 5.13 Å². The molecule has 0 atom stereocenters. The van der Waals surface area contributed by atoms with Gasteiger partial charge in [0.25, 0.3) is 5.91 Å². The van der Waals surface area contributed by atoms with E-state index in [-0.39, 0.29) is 5.91 Å². The number of fused-ring (bicyclic) bond motifs is 1. The molecule has 2 heterocycles. The smallest absolute Gasteiger partial charge is 0.270 e. The first-order chi connectivity index (χ1) is 12.3. The van der Waals surface area contributed by atoms with E-state index < -0.39 is 0 Å². The zero-order valence-electron chi connectivity index (χ0n) is 14.8. The number of rotatable bonds is 6. The minimum atomic E-state index is -0.0118. The number of aromatic nitrogens is 1. The molecule has 1 amide bonds. The highest BCUT2D eigenvalue weighted by molar-refractivity contribution is 9.11. The van der Waals surface area contributed by atoms with E-state index in [1.807, 2.05) is 45.3 Å². The van der Waals surface area contributed by atoms with E-state index in [0.29, 0.717) is 16.4 Å². The number of aryl methyl sites for hydroxylation is 1. The Bertz CT molecular complexity index is 938. The zero-order chi connectivity index (χ0) is 18.8. The maximum Gasteiger partial charge on any atom is 0.270 e. The van der Waals surface area contributed by atoms with Crippen LogP contribution in [0.1, 0.15) is 21.7 Å². The standard InChI is InChI=1S/C18H19BrClN3OS2/c1-11-9-12(20)10-14-16(11)21-18(26-14)23(8-4-7-22(2)3)17(24)13-5-6-15(19)25-13/h5-6,9-10H,4,7-8H2,1-3H3. The van der Waals surface area contributed by atoms with Gasteiger partial charge in [0.2, 0.25) is 0 Å². The number of nitrogens with zero attached hydrogens (tertiary/aromatic N) is 3. The number of hydrogen-bond acceptors (Lipinski definition) is 5. The van der Waals surface area contributed by atoms with E-state index in [4.69, 9.17) is 16.6 Å². The Morgan fingerprint density at radius 1 is 1.23 bits per heavy atom. The minimum Gasteiger partial charge on any atom is -0.309 e. The van der Waals surface area contributed by atoms with Crippen LogP contribution in [0.25, 0.3) is 10.2 Å². The molecule has 0 spiro atoms. The molecule has 2 aromatic heterocycles. The molecule has 0 bridgehead atoms. The van der Waals surface area contributed by atoms with Gasteiger partial charge in [0, 0.05) is 11.6 Å². The van der Waals surface area contributed by atoms with Crippen LogP contribution < -0.4 is 4.90 Å². The van der Waals surface area contributed by atoms with Crippen LogP contribution in [-0.4, -0.2) is 43.0 Å². The van der Waals surface area contributed by atoms with Gasteiger partial charge in [-0.2, -0.15) is 0 Å². The van der Waals surface area contributed by atoms with E-state index >= 15 is 0 Å². The van der Waals surface area contributed by atoms with Crippen LogP contribution in [0.15, 0.2) is 28.1 Å². The van der Waals surface area contributed by atoms with Crippen molar-refractivity contribution in [3.05, 3.63) is 43.5 Å². The second-order valence-corrected chi connectivity index (χ2v) is 10.2.